The van der Waals surface area contributed by atoms with Gasteiger partial charge in [-0.25, -0.2) is 0 Å². The molecule has 2 N–H and O–H groups in total. The van der Waals surface area contributed by atoms with Crippen LogP contribution in [-0.2, 0) is 0 Å². The van der Waals surface area contributed by atoms with Gasteiger partial charge in [-0.15, -0.1) is 0 Å². The minimum atomic E-state index is 0.0748. The topological polar surface area (TPSA) is 26.0 Å². The minimum Gasteiger partial charge on any atom is -0.325 e. The maximum atomic E-state index is 6.35. The van der Waals surface area contributed by atoms with E-state index in [-0.39, 0.29) is 5.54 Å². The molecule has 78 valence electrons. The second kappa shape index (κ2) is 4.00. The fourth-order valence-electron chi connectivity index (χ4n) is 2.45. The van der Waals surface area contributed by atoms with Gasteiger partial charge in [-0.2, -0.15) is 0 Å². The highest BCUT2D eigenvalue weighted by Gasteiger charge is 2.33. The van der Waals surface area contributed by atoms with Gasteiger partial charge < -0.3 is 5.73 Å². The third-order valence-corrected chi connectivity index (χ3v) is 3.98. The van der Waals surface area contributed by atoms with Gasteiger partial charge in [0, 0.05) is 5.54 Å². The van der Waals surface area contributed by atoms with Gasteiger partial charge in [0.05, 0.1) is 0 Å². The van der Waals surface area contributed by atoms with Crippen LogP contribution in [0.1, 0.15) is 53.4 Å². The summed E-state index contributed by atoms with van der Waals surface area (Å²) in [5.41, 5.74) is 6.42. The van der Waals surface area contributed by atoms with Crippen LogP contribution in [0.15, 0.2) is 0 Å². The van der Waals surface area contributed by atoms with E-state index in [9.17, 15) is 0 Å². The van der Waals surface area contributed by atoms with Crippen molar-refractivity contribution < 1.29 is 0 Å². The van der Waals surface area contributed by atoms with Crippen LogP contribution in [0.4, 0.5) is 0 Å². The van der Waals surface area contributed by atoms with Gasteiger partial charge in [-0.05, 0) is 37.5 Å². The Morgan fingerprint density at radius 3 is 2.46 bits per heavy atom. The van der Waals surface area contributed by atoms with Gasteiger partial charge in [0.25, 0.3) is 0 Å². The molecule has 0 radical (unpaired) electrons. The molecule has 0 amide bonds. The Kier molecular flexibility index (Phi) is 3.39. The summed E-state index contributed by atoms with van der Waals surface area (Å²) in [4.78, 5) is 0. The molecular formula is C12H25N. The monoisotopic (exact) mass is 183 g/mol. The summed E-state index contributed by atoms with van der Waals surface area (Å²) < 4.78 is 0. The van der Waals surface area contributed by atoms with Crippen molar-refractivity contribution in [3.8, 4) is 0 Å². The van der Waals surface area contributed by atoms with E-state index in [1.54, 1.807) is 0 Å². The van der Waals surface area contributed by atoms with Crippen LogP contribution >= 0.6 is 0 Å². The zero-order valence-corrected chi connectivity index (χ0v) is 9.64. The van der Waals surface area contributed by atoms with E-state index in [0.29, 0.717) is 5.92 Å². The summed E-state index contributed by atoms with van der Waals surface area (Å²) in [6, 6.07) is 0. The maximum absolute atomic E-state index is 6.35. The summed E-state index contributed by atoms with van der Waals surface area (Å²) in [5.74, 6) is 2.34. The highest BCUT2D eigenvalue weighted by molar-refractivity contribution is 4.90. The molecule has 0 saturated heterocycles. The summed E-state index contributed by atoms with van der Waals surface area (Å²) >= 11 is 0. The molecule has 1 fully saturated rings. The zero-order chi connectivity index (χ0) is 10.1. The van der Waals surface area contributed by atoms with Crippen LogP contribution in [0.25, 0.3) is 0 Å². The number of hydrogen-bond acceptors (Lipinski definition) is 1. The Balaban J connectivity index is 2.65. The molecule has 1 saturated carbocycles. The Bertz CT molecular complexity index is 161. The lowest BCUT2D eigenvalue weighted by atomic mass is 9.78. The van der Waals surface area contributed by atoms with Crippen molar-refractivity contribution in [2.45, 2.75) is 58.9 Å². The smallest absolute Gasteiger partial charge is 0.0154 e. The van der Waals surface area contributed by atoms with Gasteiger partial charge in [0.2, 0.25) is 0 Å². The lowest BCUT2D eigenvalue weighted by molar-refractivity contribution is 0.239. The van der Waals surface area contributed by atoms with Crippen molar-refractivity contribution in [2.75, 3.05) is 0 Å². The van der Waals surface area contributed by atoms with Gasteiger partial charge in [-0.3, -0.25) is 0 Å². The lowest BCUT2D eigenvalue weighted by Gasteiger charge is -2.33. The molecular weight excluding hydrogens is 158 g/mol. The molecule has 3 atom stereocenters. The van der Waals surface area contributed by atoms with E-state index in [1.165, 1.54) is 25.7 Å². The van der Waals surface area contributed by atoms with Crippen LogP contribution in [-0.4, -0.2) is 5.54 Å². The Labute approximate surface area is 83.1 Å². The first-order valence-electron chi connectivity index (χ1n) is 5.72. The molecule has 0 aromatic heterocycles. The predicted octanol–water partition coefficient (Wildman–Crippen LogP) is 3.19. The minimum absolute atomic E-state index is 0.0748. The number of nitrogens with two attached hydrogens (primary N) is 1. The van der Waals surface area contributed by atoms with Crippen LogP contribution in [0.3, 0.4) is 0 Å². The molecule has 0 bridgehead atoms. The Morgan fingerprint density at radius 1 is 1.31 bits per heavy atom. The average molecular weight is 183 g/mol. The first kappa shape index (κ1) is 11.0. The SMILES string of the molecule is CC(C)C1CCCC(C)C(C)(N)C1. The third kappa shape index (κ3) is 2.70. The van der Waals surface area contributed by atoms with Gasteiger partial charge in [0.15, 0.2) is 0 Å². The molecule has 1 heteroatoms. The van der Waals surface area contributed by atoms with E-state index < -0.39 is 0 Å². The molecule has 3 unspecified atom stereocenters. The highest BCUT2D eigenvalue weighted by atomic mass is 14.7. The summed E-state index contributed by atoms with van der Waals surface area (Å²) in [6.07, 6.45) is 5.29. The van der Waals surface area contributed by atoms with Crippen molar-refractivity contribution in [3.63, 3.8) is 0 Å². The van der Waals surface area contributed by atoms with Gasteiger partial charge in [-0.1, -0.05) is 33.6 Å². The van der Waals surface area contributed by atoms with Crippen LogP contribution < -0.4 is 5.73 Å². The fraction of sp³-hybridized carbons (Fsp3) is 1.00. The molecule has 1 aliphatic rings. The second-order valence-electron chi connectivity index (χ2n) is 5.55. The van der Waals surface area contributed by atoms with Gasteiger partial charge >= 0.3 is 0 Å². The molecule has 1 nitrogen and oxygen atoms in total. The molecule has 0 aromatic carbocycles. The van der Waals surface area contributed by atoms with E-state index in [1.807, 2.05) is 0 Å². The van der Waals surface area contributed by atoms with Crippen LogP contribution in [0.5, 0.6) is 0 Å². The van der Waals surface area contributed by atoms with Crippen molar-refractivity contribution >= 4 is 0 Å². The molecule has 0 aliphatic heterocycles. The zero-order valence-electron chi connectivity index (χ0n) is 9.64. The van der Waals surface area contributed by atoms with E-state index in [4.69, 9.17) is 5.73 Å². The highest BCUT2D eigenvalue weighted by Crippen LogP contribution is 2.36. The van der Waals surface area contributed by atoms with Crippen molar-refractivity contribution in [1.29, 1.82) is 0 Å². The summed E-state index contributed by atoms with van der Waals surface area (Å²) in [6.45, 7) is 9.20. The molecule has 0 aromatic rings. The molecule has 1 aliphatic carbocycles. The Hall–Kier alpha value is -0.0400. The third-order valence-electron chi connectivity index (χ3n) is 3.98. The predicted molar refractivity (Wildman–Crippen MR) is 58.6 cm³/mol. The second-order valence-corrected chi connectivity index (χ2v) is 5.55. The molecule has 1 rings (SSSR count). The lowest BCUT2D eigenvalue weighted by Crippen LogP contribution is -2.43. The van der Waals surface area contributed by atoms with Crippen molar-refractivity contribution in [3.05, 3.63) is 0 Å². The number of rotatable bonds is 1. The first-order chi connectivity index (χ1) is 5.93. The Morgan fingerprint density at radius 2 is 1.92 bits per heavy atom. The summed E-state index contributed by atoms with van der Waals surface area (Å²) in [7, 11) is 0. The standard InChI is InChI=1S/C12H25N/c1-9(2)11-7-5-6-10(3)12(4,13)8-11/h9-11H,5-8,13H2,1-4H3. The summed E-state index contributed by atoms with van der Waals surface area (Å²) in [5, 5.41) is 0. The molecule has 0 heterocycles. The van der Waals surface area contributed by atoms with Crippen LogP contribution in [0.2, 0.25) is 0 Å². The first-order valence-corrected chi connectivity index (χ1v) is 5.72. The van der Waals surface area contributed by atoms with Gasteiger partial charge in [0.1, 0.15) is 0 Å². The number of hydrogen-bond donors (Lipinski definition) is 1. The van der Waals surface area contributed by atoms with Crippen molar-refractivity contribution in [2.24, 2.45) is 23.5 Å². The maximum Gasteiger partial charge on any atom is 0.0154 e. The average Bonchev–Trinajstić information content (AvgIpc) is 2.12. The van der Waals surface area contributed by atoms with E-state index >= 15 is 0 Å². The fourth-order valence-corrected chi connectivity index (χ4v) is 2.45. The van der Waals surface area contributed by atoms with E-state index in [2.05, 4.69) is 27.7 Å². The van der Waals surface area contributed by atoms with Crippen molar-refractivity contribution in [1.82, 2.24) is 0 Å². The quantitative estimate of drug-likeness (QED) is 0.621. The largest absolute Gasteiger partial charge is 0.325 e. The molecule has 0 spiro atoms. The molecule has 13 heavy (non-hydrogen) atoms. The van der Waals surface area contributed by atoms with E-state index in [0.717, 1.165) is 11.8 Å². The van der Waals surface area contributed by atoms with Crippen LogP contribution in [0, 0.1) is 17.8 Å². The normalized spacial score (nSPS) is 42.0.